The first kappa shape index (κ1) is 14.4. The molecular formula is C13H26N6. The van der Waals surface area contributed by atoms with Crippen LogP contribution in [0.3, 0.4) is 0 Å². The standard InChI is InChI=1S/C13H26N6/c1-3-4-17-5-7-18(8-6-17)9-10-19-12-13(11-14-2)15-16-19/h12,14H,3-11H2,1-2H3. The van der Waals surface area contributed by atoms with E-state index >= 15 is 0 Å². The molecule has 0 saturated carbocycles. The van der Waals surface area contributed by atoms with Crippen molar-refractivity contribution in [1.82, 2.24) is 30.1 Å². The molecule has 0 radical (unpaired) electrons. The van der Waals surface area contributed by atoms with Crippen LogP contribution < -0.4 is 5.32 Å². The van der Waals surface area contributed by atoms with Crippen LogP contribution in [0.4, 0.5) is 0 Å². The number of hydrogen-bond donors (Lipinski definition) is 1. The van der Waals surface area contributed by atoms with Crippen molar-refractivity contribution < 1.29 is 0 Å². The van der Waals surface area contributed by atoms with Gasteiger partial charge < -0.3 is 10.2 Å². The van der Waals surface area contributed by atoms with E-state index in [1.807, 2.05) is 17.9 Å². The summed E-state index contributed by atoms with van der Waals surface area (Å²) in [5.74, 6) is 0. The Morgan fingerprint density at radius 2 is 1.79 bits per heavy atom. The molecule has 6 heteroatoms. The molecule has 0 bridgehead atoms. The van der Waals surface area contributed by atoms with E-state index in [1.165, 1.54) is 39.1 Å². The second kappa shape index (κ2) is 7.57. The summed E-state index contributed by atoms with van der Waals surface area (Å²) in [5.41, 5.74) is 1.01. The summed E-state index contributed by atoms with van der Waals surface area (Å²) in [4.78, 5) is 5.07. The average Bonchev–Trinajstić information content (AvgIpc) is 2.87. The average molecular weight is 266 g/mol. The topological polar surface area (TPSA) is 49.2 Å². The minimum Gasteiger partial charge on any atom is -0.314 e. The van der Waals surface area contributed by atoms with Gasteiger partial charge in [0.1, 0.15) is 0 Å². The molecule has 0 aliphatic carbocycles. The largest absolute Gasteiger partial charge is 0.314 e. The number of nitrogens with one attached hydrogen (secondary N) is 1. The highest BCUT2D eigenvalue weighted by Crippen LogP contribution is 2.03. The maximum Gasteiger partial charge on any atom is 0.0964 e. The van der Waals surface area contributed by atoms with Gasteiger partial charge in [0.2, 0.25) is 0 Å². The lowest BCUT2D eigenvalue weighted by Crippen LogP contribution is -2.47. The van der Waals surface area contributed by atoms with E-state index in [4.69, 9.17) is 0 Å². The minimum absolute atomic E-state index is 0.787. The van der Waals surface area contributed by atoms with Crippen LogP contribution in [-0.4, -0.2) is 71.1 Å². The number of rotatable bonds is 7. The number of piperazine rings is 1. The van der Waals surface area contributed by atoms with Crippen molar-refractivity contribution in [3.8, 4) is 0 Å². The lowest BCUT2D eigenvalue weighted by molar-refractivity contribution is 0.128. The smallest absolute Gasteiger partial charge is 0.0964 e. The van der Waals surface area contributed by atoms with Crippen LogP contribution in [0.1, 0.15) is 19.0 Å². The molecule has 0 amide bonds. The number of aromatic nitrogens is 3. The van der Waals surface area contributed by atoms with Crippen LogP contribution in [0, 0.1) is 0 Å². The third kappa shape index (κ3) is 4.56. The van der Waals surface area contributed by atoms with E-state index in [-0.39, 0.29) is 0 Å². The van der Waals surface area contributed by atoms with Crippen LogP contribution in [0.5, 0.6) is 0 Å². The van der Waals surface area contributed by atoms with Gasteiger partial charge in [0.05, 0.1) is 12.2 Å². The second-order valence-electron chi connectivity index (χ2n) is 5.19. The zero-order chi connectivity index (χ0) is 13.5. The Morgan fingerprint density at radius 3 is 2.42 bits per heavy atom. The maximum absolute atomic E-state index is 4.15. The SMILES string of the molecule is CCCN1CCN(CCn2cc(CNC)nn2)CC1. The van der Waals surface area contributed by atoms with Gasteiger partial charge in [-0.05, 0) is 20.0 Å². The molecule has 0 aromatic carbocycles. The maximum atomic E-state index is 4.15. The molecule has 19 heavy (non-hydrogen) atoms. The quantitative estimate of drug-likeness (QED) is 0.754. The van der Waals surface area contributed by atoms with Crippen molar-refractivity contribution in [2.75, 3.05) is 46.3 Å². The van der Waals surface area contributed by atoms with Crippen molar-refractivity contribution >= 4 is 0 Å². The Bertz CT molecular complexity index is 356. The summed E-state index contributed by atoms with van der Waals surface area (Å²) >= 11 is 0. The minimum atomic E-state index is 0.787. The molecule has 2 heterocycles. The third-order valence-corrected chi connectivity index (χ3v) is 3.59. The van der Waals surface area contributed by atoms with Crippen LogP contribution in [-0.2, 0) is 13.1 Å². The van der Waals surface area contributed by atoms with Gasteiger partial charge in [0.25, 0.3) is 0 Å². The van der Waals surface area contributed by atoms with E-state index in [0.29, 0.717) is 0 Å². The Morgan fingerprint density at radius 1 is 1.11 bits per heavy atom. The van der Waals surface area contributed by atoms with E-state index in [2.05, 4.69) is 32.4 Å². The molecule has 1 aliphatic rings. The predicted octanol–water partition coefficient (Wildman–Crippen LogP) is 0.0251. The van der Waals surface area contributed by atoms with E-state index in [0.717, 1.165) is 25.3 Å². The Labute approximate surface area is 115 Å². The fourth-order valence-corrected chi connectivity index (χ4v) is 2.51. The van der Waals surface area contributed by atoms with Gasteiger partial charge in [-0.15, -0.1) is 5.10 Å². The molecule has 1 aromatic heterocycles. The third-order valence-electron chi connectivity index (χ3n) is 3.59. The van der Waals surface area contributed by atoms with Gasteiger partial charge in [-0.25, -0.2) is 0 Å². The zero-order valence-electron chi connectivity index (χ0n) is 12.2. The van der Waals surface area contributed by atoms with Crippen molar-refractivity contribution in [3.63, 3.8) is 0 Å². The number of hydrogen-bond acceptors (Lipinski definition) is 5. The molecule has 1 aliphatic heterocycles. The van der Waals surface area contributed by atoms with Crippen molar-refractivity contribution in [3.05, 3.63) is 11.9 Å². The fraction of sp³-hybridized carbons (Fsp3) is 0.846. The molecule has 2 rings (SSSR count). The Balaban J connectivity index is 1.68. The number of nitrogens with zero attached hydrogens (tertiary/aromatic N) is 5. The molecule has 6 nitrogen and oxygen atoms in total. The second-order valence-corrected chi connectivity index (χ2v) is 5.19. The molecular weight excluding hydrogens is 240 g/mol. The fourth-order valence-electron chi connectivity index (χ4n) is 2.51. The summed E-state index contributed by atoms with van der Waals surface area (Å²) in [5, 5.41) is 11.4. The Hall–Kier alpha value is -0.980. The zero-order valence-corrected chi connectivity index (χ0v) is 12.2. The van der Waals surface area contributed by atoms with E-state index in [9.17, 15) is 0 Å². The van der Waals surface area contributed by atoms with Crippen LogP contribution in [0.15, 0.2) is 6.20 Å². The normalized spacial score (nSPS) is 18.0. The van der Waals surface area contributed by atoms with Gasteiger partial charge in [-0.3, -0.25) is 9.58 Å². The summed E-state index contributed by atoms with van der Waals surface area (Å²) < 4.78 is 1.95. The van der Waals surface area contributed by atoms with Crippen LogP contribution >= 0.6 is 0 Å². The summed E-state index contributed by atoms with van der Waals surface area (Å²) in [7, 11) is 1.93. The molecule has 1 aromatic rings. The van der Waals surface area contributed by atoms with Crippen molar-refractivity contribution in [1.29, 1.82) is 0 Å². The van der Waals surface area contributed by atoms with E-state index < -0.39 is 0 Å². The summed E-state index contributed by atoms with van der Waals surface area (Å²) in [6.07, 6.45) is 3.29. The lowest BCUT2D eigenvalue weighted by Gasteiger charge is -2.34. The van der Waals surface area contributed by atoms with Crippen LogP contribution in [0.2, 0.25) is 0 Å². The molecule has 0 unspecified atom stereocenters. The molecule has 0 spiro atoms. The molecule has 1 N–H and O–H groups in total. The lowest BCUT2D eigenvalue weighted by atomic mass is 10.3. The highest BCUT2D eigenvalue weighted by molar-refractivity contribution is 4.91. The highest BCUT2D eigenvalue weighted by Gasteiger charge is 2.15. The van der Waals surface area contributed by atoms with Crippen molar-refractivity contribution in [2.45, 2.75) is 26.4 Å². The molecule has 0 atom stereocenters. The van der Waals surface area contributed by atoms with Crippen molar-refractivity contribution in [2.24, 2.45) is 0 Å². The summed E-state index contributed by atoms with van der Waals surface area (Å²) in [6, 6.07) is 0. The van der Waals surface area contributed by atoms with Crippen LogP contribution in [0.25, 0.3) is 0 Å². The van der Waals surface area contributed by atoms with Gasteiger partial charge in [0, 0.05) is 45.5 Å². The first-order valence-electron chi connectivity index (χ1n) is 7.30. The molecule has 1 fully saturated rings. The Kier molecular flexibility index (Phi) is 5.75. The first-order chi connectivity index (χ1) is 9.31. The highest BCUT2D eigenvalue weighted by atomic mass is 15.4. The molecule has 108 valence electrons. The van der Waals surface area contributed by atoms with E-state index in [1.54, 1.807) is 0 Å². The predicted molar refractivity (Wildman–Crippen MR) is 76.0 cm³/mol. The molecule has 1 saturated heterocycles. The monoisotopic (exact) mass is 266 g/mol. The van der Waals surface area contributed by atoms with Gasteiger partial charge in [0.15, 0.2) is 0 Å². The van der Waals surface area contributed by atoms with Gasteiger partial charge in [-0.2, -0.15) is 0 Å². The van der Waals surface area contributed by atoms with Gasteiger partial charge in [-0.1, -0.05) is 12.1 Å². The van der Waals surface area contributed by atoms with Gasteiger partial charge >= 0.3 is 0 Å². The first-order valence-corrected chi connectivity index (χ1v) is 7.30. The summed E-state index contributed by atoms with van der Waals surface area (Å²) in [6.45, 7) is 11.1.